The van der Waals surface area contributed by atoms with E-state index < -0.39 is 0 Å². The highest BCUT2D eigenvalue weighted by molar-refractivity contribution is 5.78. The van der Waals surface area contributed by atoms with Crippen LogP contribution in [0.25, 0.3) is 0 Å². The zero-order valence-electron chi connectivity index (χ0n) is 11.4. The van der Waals surface area contributed by atoms with Crippen LogP contribution in [0.15, 0.2) is 24.3 Å². The summed E-state index contributed by atoms with van der Waals surface area (Å²) in [4.78, 5) is 11.6. The van der Waals surface area contributed by atoms with Crippen molar-refractivity contribution in [2.24, 2.45) is 5.73 Å². The van der Waals surface area contributed by atoms with Crippen LogP contribution in [0, 0.1) is 0 Å². The van der Waals surface area contributed by atoms with Gasteiger partial charge in [0.2, 0.25) is 0 Å². The Hall–Kier alpha value is -1.55. The molecule has 1 fully saturated rings. The molecule has 0 bridgehead atoms. The molecule has 1 atom stereocenters. The Morgan fingerprint density at radius 1 is 1.47 bits per heavy atom. The largest absolute Gasteiger partial charge is 0.483 e. The van der Waals surface area contributed by atoms with Crippen molar-refractivity contribution in [3.8, 4) is 5.75 Å². The van der Waals surface area contributed by atoms with Crippen molar-refractivity contribution in [2.75, 3.05) is 6.61 Å². The van der Waals surface area contributed by atoms with E-state index >= 15 is 0 Å². The summed E-state index contributed by atoms with van der Waals surface area (Å²) in [6.07, 6.45) is 3.88. The summed E-state index contributed by atoms with van der Waals surface area (Å²) in [6.45, 7) is 2.14. The molecule has 0 aromatic heterocycles. The number of nitrogens with one attached hydrogen (secondary N) is 1. The lowest BCUT2D eigenvalue weighted by Gasteiger charge is -2.14. The molecule has 1 amide bonds. The van der Waals surface area contributed by atoms with Crippen LogP contribution >= 0.6 is 0 Å². The molecular weight excluding hydrogens is 240 g/mol. The maximum atomic E-state index is 11.6. The Morgan fingerprint density at radius 3 is 2.89 bits per heavy atom. The molecule has 1 aliphatic carbocycles. The van der Waals surface area contributed by atoms with Crippen molar-refractivity contribution < 1.29 is 9.53 Å². The lowest BCUT2D eigenvalue weighted by molar-refractivity contribution is -0.123. The van der Waals surface area contributed by atoms with Crippen LogP contribution in [0.3, 0.4) is 0 Å². The molecule has 0 radical (unpaired) electrons. The third kappa shape index (κ3) is 4.56. The van der Waals surface area contributed by atoms with Gasteiger partial charge in [-0.05, 0) is 37.3 Å². The summed E-state index contributed by atoms with van der Waals surface area (Å²) < 4.78 is 5.61. The van der Waals surface area contributed by atoms with Gasteiger partial charge in [0.1, 0.15) is 5.75 Å². The molecular formula is C15H22N2O2. The van der Waals surface area contributed by atoms with Crippen molar-refractivity contribution in [2.45, 2.75) is 44.7 Å². The Morgan fingerprint density at radius 2 is 2.21 bits per heavy atom. The number of nitrogens with two attached hydrogens (primary N) is 1. The molecule has 0 heterocycles. The molecule has 0 spiro atoms. The normalized spacial score (nSPS) is 15.9. The fourth-order valence-corrected chi connectivity index (χ4v) is 1.88. The Bertz CT molecular complexity index is 430. The van der Waals surface area contributed by atoms with Crippen molar-refractivity contribution >= 4 is 5.91 Å². The van der Waals surface area contributed by atoms with Crippen LogP contribution < -0.4 is 15.8 Å². The first-order valence-electron chi connectivity index (χ1n) is 6.94. The number of carbonyl (C=O) groups excluding carboxylic acids is 1. The van der Waals surface area contributed by atoms with Crippen LogP contribution in [0.5, 0.6) is 5.75 Å². The molecule has 0 saturated heterocycles. The van der Waals surface area contributed by atoms with Gasteiger partial charge in [-0.25, -0.2) is 0 Å². The number of ether oxygens (including phenoxy) is 1. The van der Waals surface area contributed by atoms with E-state index in [0.717, 1.165) is 37.0 Å². The lowest BCUT2D eigenvalue weighted by Crippen LogP contribution is -2.30. The minimum atomic E-state index is -0.0444. The molecule has 1 aliphatic rings. The Balaban J connectivity index is 1.89. The zero-order chi connectivity index (χ0) is 13.7. The van der Waals surface area contributed by atoms with Crippen LogP contribution in [-0.2, 0) is 11.2 Å². The molecule has 1 aromatic carbocycles. The first-order valence-corrected chi connectivity index (χ1v) is 6.94. The van der Waals surface area contributed by atoms with E-state index in [-0.39, 0.29) is 18.6 Å². The number of hydrogen-bond acceptors (Lipinski definition) is 3. The van der Waals surface area contributed by atoms with Gasteiger partial charge in [0.25, 0.3) is 5.91 Å². The third-order valence-electron chi connectivity index (χ3n) is 3.28. The minimum Gasteiger partial charge on any atom is -0.483 e. The van der Waals surface area contributed by atoms with E-state index in [1.807, 2.05) is 24.3 Å². The van der Waals surface area contributed by atoms with E-state index in [2.05, 4.69) is 12.2 Å². The molecule has 2 rings (SSSR count). The molecule has 19 heavy (non-hydrogen) atoms. The van der Waals surface area contributed by atoms with E-state index in [0.29, 0.717) is 6.04 Å². The highest BCUT2D eigenvalue weighted by Crippen LogP contribution is 2.21. The summed E-state index contributed by atoms with van der Waals surface area (Å²) in [7, 11) is 0. The summed E-state index contributed by atoms with van der Waals surface area (Å²) >= 11 is 0. The number of hydrogen-bond donors (Lipinski definition) is 2. The number of benzene rings is 1. The summed E-state index contributed by atoms with van der Waals surface area (Å²) in [6, 6.07) is 8.28. The van der Waals surface area contributed by atoms with Crippen LogP contribution in [0.4, 0.5) is 0 Å². The minimum absolute atomic E-state index is 0.0444. The second-order valence-corrected chi connectivity index (χ2v) is 5.11. The fourth-order valence-electron chi connectivity index (χ4n) is 1.88. The van der Waals surface area contributed by atoms with E-state index in [9.17, 15) is 4.79 Å². The summed E-state index contributed by atoms with van der Waals surface area (Å²) in [5, 5.41) is 2.91. The molecule has 1 unspecified atom stereocenters. The van der Waals surface area contributed by atoms with E-state index in [1.54, 1.807) is 0 Å². The Labute approximate surface area is 114 Å². The highest BCUT2D eigenvalue weighted by Gasteiger charge is 2.23. The number of para-hydroxylation sites is 1. The van der Waals surface area contributed by atoms with Gasteiger partial charge in [-0.1, -0.05) is 25.1 Å². The van der Waals surface area contributed by atoms with E-state index in [4.69, 9.17) is 10.5 Å². The van der Waals surface area contributed by atoms with Crippen LogP contribution in [0.2, 0.25) is 0 Å². The van der Waals surface area contributed by atoms with E-state index in [1.165, 1.54) is 0 Å². The van der Waals surface area contributed by atoms with Gasteiger partial charge in [-0.15, -0.1) is 0 Å². The molecule has 1 aromatic rings. The van der Waals surface area contributed by atoms with Crippen LogP contribution in [0.1, 0.15) is 31.7 Å². The number of rotatable bonds is 7. The first kappa shape index (κ1) is 13.9. The van der Waals surface area contributed by atoms with Crippen LogP contribution in [-0.4, -0.2) is 24.6 Å². The first-order chi connectivity index (χ1) is 9.19. The predicted octanol–water partition coefficient (Wildman–Crippen LogP) is 1.62. The molecule has 104 valence electrons. The number of amides is 1. The maximum absolute atomic E-state index is 11.6. The molecule has 3 N–H and O–H groups in total. The van der Waals surface area contributed by atoms with Crippen molar-refractivity contribution in [3.05, 3.63) is 29.8 Å². The van der Waals surface area contributed by atoms with Gasteiger partial charge < -0.3 is 15.8 Å². The topological polar surface area (TPSA) is 64.3 Å². The van der Waals surface area contributed by atoms with Crippen molar-refractivity contribution in [1.29, 1.82) is 0 Å². The average molecular weight is 262 g/mol. The average Bonchev–Trinajstić information content (AvgIpc) is 3.21. The second kappa shape index (κ2) is 6.57. The maximum Gasteiger partial charge on any atom is 0.258 e. The van der Waals surface area contributed by atoms with Gasteiger partial charge in [-0.3, -0.25) is 4.79 Å². The van der Waals surface area contributed by atoms with Gasteiger partial charge in [-0.2, -0.15) is 0 Å². The number of carbonyl (C=O) groups is 1. The molecule has 0 aliphatic heterocycles. The van der Waals surface area contributed by atoms with Crippen molar-refractivity contribution in [1.82, 2.24) is 5.32 Å². The standard InChI is InChI=1S/C15H22N2O2/c1-2-12(16)9-11-5-3-4-6-14(11)19-10-15(18)17-13-7-8-13/h3-6,12-13H,2,7-10,16H2,1H3,(H,17,18). The lowest BCUT2D eigenvalue weighted by atomic mass is 10.0. The third-order valence-corrected chi connectivity index (χ3v) is 3.28. The van der Waals surface area contributed by atoms with Crippen molar-refractivity contribution in [3.63, 3.8) is 0 Å². The SMILES string of the molecule is CCC(N)Cc1ccccc1OCC(=O)NC1CC1. The van der Waals surface area contributed by atoms with Gasteiger partial charge in [0, 0.05) is 12.1 Å². The molecule has 1 saturated carbocycles. The quantitative estimate of drug-likeness (QED) is 0.785. The fraction of sp³-hybridized carbons (Fsp3) is 0.533. The van der Waals surface area contributed by atoms with Gasteiger partial charge in [0.15, 0.2) is 6.61 Å². The predicted molar refractivity (Wildman–Crippen MR) is 75.1 cm³/mol. The molecule has 4 nitrogen and oxygen atoms in total. The van der Waals surface area contributed by atoms with Gasteiger partial charge in [0.05, 0.1) is 0 Å². The second-order valence-electron chi connectivity index (χ2n) is 5.11. The van der Waals surface area contributed by atoms with Gasteiger partial charge >= 0.3 is 0 Å². The summed E-state index contributed by atoms with van der Waals surface area (Å²) in [5.74, 6) is 0.717. The zero-order valence-corrected chi connectivity index (χ0v) is 11.4. The monoisotopic (exact) mass is 262 g/mol. The Kier molecular flexibility index (Phi) is 4.80. The highest BCUT2D eigenvalue weighted by atomic mass is 16.5. The summed E-state index contributed by atoms with van der Waals surface area (Å²) in [5.41, 5.74) is 7.03. The smallest absolute Gasteiger partial charge is 0.258 e. The molecule has 4 heteroatoms.